The number of nitrogens with one attached hydrogen (secondary N) is 1. The molecule has 0 atom stereocenters. The molecule has 0 saturated carbocycles. The zero-order chi connectivity index (χ0) is 15.7. The average Bonchev–Trinajstić information content (AvgIpc) is 2.93. The van der Waals surface area contributed by atoms with Crippen LogP contribution in [-0.4, -0.2) is 46.7 Å². The molecule has 0 saturated heterocycles. The fraction of sp³-hybridized carbons (Fsp3) is 0.400. The monoisotopic (exact) mass is 291 g/mol. The molecular weight excluding hydrogens is 270 g/mol. The van der Waals surface area contributed by atoms with E-state index in [0.717, 1.165) is 18.5 Å². The van der Waals surface area contributed by atoms with Gasteiger partial charge in [-0.25, -0.2) is 4.79 Å². The van der Waals surface area contributed by atoms with Crippen LogP contribution < -0.4 is 0 Å². The van der Waals surface area contributed by atoms with Crippen molar-refractivity contribution in [3.8, 4) is 0 Å². The predicted molar refractivity (Wildman–Crippen MR) is 79.8 cm³/mol. The summed E-state index contributed by atoms with van der Waals surface area (Å²) < 4.78 is 4.97. The zero-order valence-electron chi connectivity index (χ0n) is 12.3. The van der Waals surface area contributed by atoms with Gasteiger partial charge in [-0.3, -0.25) is 9.89 Å². The Morgan fingerprint density at radius 1 is 1.38 bits per heavy atom. The maximum Gasteiger partial charge on any atom is 0.359 e. The van der Waals surface area contributed by atoms with E-state index in [2.05, 4.69) is 23.4 Å². The largest absolute Gasteiger partial charge is 0.451 e. The van der Waals surface area contributed by atoms with E-state index in [1.165, 1.54) is 4.90 Å². The van der Waals surface area contributed by atoms with Gasteiger partial charge in [-0.2, -0.15) is 5.10 Å². The van der Waals surface area contributed by atoms with E-state index >= 15 is 0 Å². The maximum atomic E-state index is 11.9. The smallest absolute Gasteiger partial charge is 0.359 e. The van der Waals surface area contributed by atoms with E-state index in [4.69, 9.17) is 4.74 Å². The number of esters is 1. The van der Waals surface area contributed by atoms with Crippen LogP contribution in [0.15, 0.2) is 31.4 Å². The molecule has 0 aliphatic carbocycles. The fourth-order valence-corrected chi connectivity index (χ4v) is 1.75. The lowest BCUT2D eigenvalue weighted by Gasteiger charge is -2.18. The van der Waals surface area contributed by atoms with Crippen molar-refractivity contribution in [1.82, 2.24) is 15.1 Å². The second kappa shape index (κ2) is 8.73. The van der Waals surface area contributed by atoms with Crippen LogP contribution in [0, 0.1) is 0 Å². The minimum atomic E-state index is -0.612. The molecule has 1 aromatic rings. The summed E-state index contributed by atoms with van der Waals surface area (Å²) in [6.45, 7) is 9.63. The van der Waals surface area contributed by atoms with E-state index in [1.54, 1.807) is 18.2 Å². The Bertz CT molecular complexity index is 498. The number of nitrogens with zero attached hydrogens (tertiary/aromatic N) is 2. The molecule has 1 amide bonds. The van der Waals surface area contributed by atoms with Crippen LogP contribution in [0.1, 0.15) is 29.5 Å². The van der Waals surface area contributed by atoms with Gasteiger partial charge in [0.25, 0.3) is 5.91 Å². The Hall–Kier alpha value is -2.37. The lowest BCUT2D eigenvalue weighted by molar-refractivity contribution is -0.133. The Morgan fingerprint density at radius 3 is 2.62 bits per heavy atom. The summed E-state index contributed by atoms with van der Waals surface area (Å²) in [5, 5.41) is 6.64. The van der Waals surface area contributed by atoms with Crippen LogP contribution >= 0.6 is 0 Å². The summed E-state index contributed by atoms with van der Waals surface area (Å²) >= 11 is 0. The summed E-state index contributed by atoms with van der Waals surface area (Å²) in [5.74, 6) is -0.911. The highest BCUT2D eigenvalue weighted by atomic mass is 16.5. The number of amides is 1. The highest BCUT2D eigenvalue weighted by Gasteiger charge is 2.16. The second-order valence-electron chi connectivity index (χ2n) is 4.48. The second-order valence-corrected chi connectivity index (χ2v) is 4.48. The Labute approximate surface area is 124 Å². The topological polar surface area (TPSA) is 75.3 Å². The minimum absolute atomic E-state index is 0.185. The summed E-state index contributed by atoms with van der Waals surface area (Å²) in [7, 11) is 0. The summed E-state index contributed by atoms with van der Waals surface area (Å²) in [6.07, 6.45) is 4.97. The van der Waals surface area contributed by atoms with Gasteiger partial charge in [0, 0.05) is 18.8 Å². The van der Waals surface area contributed by atoms with E-state index in [0.29, 0.717) is 13.1 Å². The number of H-pyrrole nitrogens is 1. The first-order valence-electron chi connectivity index (χ1n) is 6.83. The van der Waals surface area contributed by atoms with Crippen molar-refractivity contribution in [2.24, 2.45) is 0 Å². The van der Waals surface area contributed by atoms with Gasteiger partial charge in [0.1, 0.15) is 0 Å². The minimum Gasteiger partial charge on any atom is -0.451 e. The van der Waals surface area contributed by atoms with Crippen LogP contribution in [0.4, 0.5) is 0 Å². The molecule has 0 spiro atoms. The van der Waals surface area contributed by atoms with Crippen molar-refractivity contribution in [1.29, 1.82) is 0 Å². The number of carbonyl (C=O) groups is 2. The molecule has 1 N–H and O–H groups in total. The molecule has 21 heavy (non-hydrogen) atoms. The molecule has 6 heteroatoms. The average molecular weight is 291 g/mol. The number of carbonyl (C=O) groups excluding carboxylic acids is 2. The highest BCUT2D eigenvalue weighted by Crippen LogP contribution is 2.04. The number of hydrogen-bond donors (Lipinski definition) is 1. The molecule has 0 bridgehead atoms. The van der Waals surface area contributed by atoms with Crippen molar-refractivity contribution in [2.45, 2.75) is 19.8 Å². The Morgan fingerprint density at radius 2 is 2.05 bits per heavy atom. The standard InChI is InChI=1S/C15H21N3O3/c1-4-7-12-10-13(17-16-12)15(20)21-11-14(19)18(8-5-2)9-6-3/h5-6,10H,2-4,7-9,11H2,1H3,(H,16,17). The molecule has 114 valence electrons. The van der Waals surface area contributed by atoms with Gasteiger partial charge in [-0.15, -0.1) is 13.2 Å². The SMILES string of the molecule is C=CCN(CC=C)C(=O)COC(=O)c1cc(CCC)[nH]n1. The summed E-state index contributed by atoms with van der Waals surface area (Å²) in [6, 6.07) is 1.64. The molecule has 1 heterocycles. The number of aromatic nitrogens is 2. The Balaban J connectivity index is 2.52. The first kappa shape index (κ1) is 16.7. The van der Waals surface area contributed by atoms with Crippen LogP contribution in [0.3, 0.4) is 0 Å². The molecule has 0 fully saturated rings. The van der Waals surface area contributed by atoms with E-state index < -0.39 is 5.97 Å². The normalized spacial score (nSPS) is 9.95. The molecule has 1 rings (SSSR count). The third-order valence-corrected chi connectivity index (χ3v) is 2.74. The summed E-state index contributed by atoms with van der Waals surface area (Å²) in [5.41, 5.74) is 1.06. The van der Waals surface area contributed by atoms with Crippen LogP contribution in [-0.2, 0) is 16.0 Å². The molecule has 1 aromatic heterocycles. The molecule has 0 aromatic carbocycles. The lowest BCUT2D eigenvalue weighted by atomic mass is 10.2. The summed E-state index contributed by atoms with van der Waals surface area (Å²) in [4.78, 5) is 25.2. The van der Waals surface area contributed by atoms with Gasteiger partial charge in [-0.1, -0.05) is 25.5 Å². The van der Waals surface area contributed by atoms with Crippen molar-refractivity contribution in [3.05, 3.63) is 42.8 Å². The van der Waals surface area contributed by atoms with E-state index in [9.17, 15) is 9.59 Å². The highest BCUT2D eigenvalue weighted by molar-refractivity contribution is 5.89. The van der Waals surface area contributed by atoms with Crippen molar-refractivity contribution < 1.29 is 14.3 Å². The van der Waals surface area contributed by atoms with Crippen LogP contribution in [0.25, 0.3) is 0 Å². The van der Waals surface area contributed by atoms with Gasteiger partial charge in [-0.05, 0) is 12.5 Å². The van der Waals surface area contributed by atoms with E-state index in [1.807, 2.05) is 6.92 Å². The van der Waals surface area contributed by atoms with Gasteiger partial charge in [0.05, 0.1) is 0 Å². The van der Waals surface area contributed by atoms with Crippen LogP contribution in [0.2, 0.25) is 0 Å². The third-order valence-electron chi connectivity index (χ3n) is 2.74. The molecule has 0 radical (unpaired) electrons. The maximum absolute atomic E-state index is 11.9. The molecule has 0 unspecified atom stereocenters. The lowest BCUT2D eigenvalue weighted by Crippen LogP contribution is -2.35. The zero-order valence-corrected chi connectivity index (χ0v) is 12.3. The fourth-order valence-electron chi connectivity index (χ4n) is 1.75. The number of hydrogen-bond acceptors (Lipinski definition) is 4. The van der Waals surface area contributed by atoms with Crippen molar-refractivity contribution >= 4 is 11.9 Å². The van der Waals surface area contributed by atoms with Gasteiger partial charge in [0.15, 0.2) is 12.3 Å². The predicted octanol–water partition coefficient (Wildman–Crippen LogP) is 1.72. The third kappa shape index (κ3) is 5.25. The first-order chi connectivity index (χ1) is 10.1. The Kier molecular flexibility index (Phi) is 6.94. The van der Waals surface area contributed by atoms with Gasteiger partial charge in [0.2, 0.25) is 0 Å². The first-order valence-corrected chi connectivity index (χ1v) is 6.83. The van der Waals surface area contributed by atoms with Crippen molar-refractivity contribution in [3.63, 3.8) is 0 Å². The molecule has 0 aliphatic rings. The number of ether oxygens (including phenoxy) is 1. The quantitative estimate of drug-likeness (QED) is 0.555. The van der Waals surface area contributed by atoms with Crippen molar-refractivity contribution in [2.75, 3.05) is 19.7 Å². The number of rotatable bonds is 9. The van der Waals surface area contributed by atoms with E-state index in [-0.39, 0.29) is 18.2 Å². The van der Waals surface area contributed by atoms with Gasteiger partial charge >= 0.3 is 5.97 Å². The van der Waals surface area contributed by atoms with Gasteiger partial charge < -0.3 is 9.64 Å². The molecular formula is C15H21N3O3. The van der Waals surface area contributed by atoms with Crippen LogP contribution in [0.5, 0.6) is 0 Å². The molecule has 6 nitrogen and oxygen atoms in total. The number of aryl methyl sites for hydroxylation is 1. The molecule has 0 aliphatic heterocycles. The number of aromatic amines is 1.